The minimum atomic E-state index is -4.47. The Morgan fingerprint density at radius 3 is 2.65 bits per heavy atom. The molecule has 2 N–H and O–H groups in total. The second kappa shape index (κ2) is 6.78. The van der Waals surface area contributed by atoms with Gasteiger partial charge in [0, 0.05) is 17.5 Å². The highest BCUT2D eigenvalue weighted by Crippen LogP contribution is 2.32. The van der Waals surface area contributed by atoms with Gasteiger partial charge in [0.05, 0.1) is 11.3 Å². The van der Waals surface area contributed by atoms with Crippen molar-refractivity contribution in [2.45, 2.75) is 26.4 Å². The second-order valence-corrected chi connectivity index (χ2v) is 5.91. The summed E-state index contributed by atoms with van der Waals surface area (Å²) in [6.07, 6.45) is -3.58. The quantitative estimate of drug-likeness (QED) is 0.732. The number of halogens is 3. The van der Waals surface area contributed by atoms with E-state index in [1.807, 2.05) is 6.92 Å². The molecule has 0 fully saturated rings. The monoisotopic (exact) mass is 362 g/mol. The Hall–Kier alpha value is -2.90. The van der Waals surface area contributed by atoms with E-state index in [-0.39, 0.29) is 11.1 Å². The van der Waals surface area contributed by atoms with Crippen LogP contribution in [0.2, 0.25) is 0 Å². The number of H-pyrrole nitrogens is 1. The zero-order chi connectivity index (χ0) is 18.9. The van der Waals surface area contributed by atoms with Crippen molar-refractivity contribution >= 4 is 17.0 Å². The summed E-state index contributed by atoms with van der Waals surface area (Å²) in [5.41, 5.74) is -0.00650. The highest BCUT2D eigenvalue weighted by atomic mass is 19.4. The van der Waals surface area contributed by atoms with E-state index in [4.69, 9.17) is 0 Å². The Morgan fingerprint density at radius 1 is 1.19 bits per heavy atom. The van der Waals surface area contributed by atoms with E-state index in [1.54, 1.807) is 6.92 Å². The lowest BCUT2D eigenvalue weighted by molar-refractivity contribution is -0.137. The van der Waals surface area contributed by atoms with Gasteiger partial charge in [-0.3, -0.25) is 4.79 Å². The number of aromatic nitrogens is 3. The average molecular weight is 362 g/mol. The van der Waals surface area contributed by atoms with Crippen LogP contribution >= 0.6 is 0 Å². The van der Waals surface area contributed by atoms with Gasteiger partial charge in [0.2, 0.25) is 5.95 Å². The molecule has 0 amide bonds. The summed E-state index contributed by atoms with van der Waals surface area (Å²) in [5.74, 6) is 0.402. The molecule has 3 aromatic rings. The second-order valence-electron chi connectivity index (χ2n) is 5.91. The number of nitrogens with one attached hydrogen (secondary N) is 2. The predicted octanol–water partition coefficient (Wildman–Crippen LogP) is 4.13. The van der Waals surface area contributed by atoms with Crippen molar-refractivity contribution in [1.29, 1.82) is 0 Å². The SMILES string of the molecule is CCCNc1nc(C)c2cc(-c3cccc(C(F)(F)F)c3)c(=O)[nH]c2n1. The number of alkyl halides is 3. The van der Waals surface area contributed by atoms with Crippen molar-refractivity contribution in [2.75, 3.05) is 11.9 Å². The minimum absolute atomic E-state index is 0.143. The van der Waals surface area contributed by atoms with Crippen LogP contribution in [0.5, 0.6) is 0 Å². The van der Waals surface area contributed by atoms with Crippen LogP contribution in [0, 0.1) is 6.92 Å². The van der Waals surface area contributed by atoms with Gasteiger partial charge in [-0.25, -0.2) is 4.98 Å². The number of rotatable bonds is 4. The summed E-state index contributed by atoms with van der Waals surface area (Å²) in [5, 5.41) is 3.63. The van der Waals surface area contributed by atoms with E-state index in [0.29, 0.717) is 29.2 Å². The molecule has 2 aromatic heterocycles. The highest BCUT2D eigenvalue weighted by Gasteiger charge is 2.30. The molecular weight excluding hydrogens is 345 g/mol. The summed E-state index contributed by atoms with van der Waals surface area (Å²) in [7, 11) is 0. The Kier molecular flexibility index (Phi) is 4.67. The summed E-state index contributed by atoms with van der Waals surface area (Å²) in [6.45, 7) is 4.46. The lowest BCUT2D eigenvalue weighted by Gasteiger charge is -2.10. The molecular formula is C18H17F3N4O. The van der Waals surface area contributed by atoms with Crippen LogP contribution in [-0.4, -0.2) is 21.5 Å². The number of benzene rings is 1. The minimum Gasteiger partial charge on any atom is -0.354 e. The molecule has 3 rings (SSSR count). The summed E-state index contributed by atoms with van der Waals surface area (Å²) in [6, 6.07) is 6.22. The first kappa shape index (κ1) is 17.9. The molecule has 26 heavy (non-hydrogen) atoms. The van der Waals surface area contributed by atoms with Crippen molar-refractivity contribution in [3.05, 3.63) is 51.9 Å². The van der Waals surface area contributed by atoms with Crippen LogP contribution < -0.4 is 10.9 Å². The molecule has 0 atom stereocenters. The Bertz CT molecular complexity index is 1010. The van der Waals surface area contributed by atoms with Gasteiger partial charge in [-0.05, 0) is 37.1 Å². The van der Waals surface area contributed by atoms with Gasteiger partial charge in [0.15, 0.2) is 0 Å². The van der Waals surface area contributed by atoms with E-state index in [0.717, 1.165) is 18.6 Å². The molecule has 1 aromatic carbocycles. The van der Waals surface area contributed by atoms with E-state index in [9.17, 15) is 18.0 Å². The van der Waals surface area contributed by atoms with Crippen LogP contribution in [0.4, 0.5) is 19.1 Å². The normalized spacial score (nSPS) is 11.7. The van der Waals surface area contributed by atoms with Crippen molar-refractivity contribution in [3.8, 4) is 11.1 Å². The van der Waals surface area contributed by atoms with Crippen LogP contribution in [0.15, 0.2) is 35.1 Å². The van der Waals surface area contributed by atoms with Crippen LogP contribution in [0.3, 0.4) is 0 Å². The third-order valence-corrected chi connectivity index (χ3v) is 3.94. The third kappa shape index (κ3) is 3.54. The molecule has 0 radical (unpaired) electrons. The fourth-order valence-electron chi connectivity index (χ4n) is 2.63. The number of aromatic amines is 1. The summed E-state index contributed by atoms with van der Waals surface area (Å²) in [4.78, 5) is 23.7. The maximum atomic E-state index is 12.9. The molecule has 0 bridgehead atoms. The number of nitrogens with zero attached hydrogens (tertiary/aromatic N) is 2. The Balaban J connectivity index is 2.13. The average Bonchev–Trinajstić information content (AvgIpc) is 2.59. The number of pyridine rings is 1. The number of anilines is 1. The summed E-state index contributed by atoms with van der Waals surface area (Å²) < 4.78 is 38.8. The van der Waals surface area contributed by atoms with Gasteiger partial charge in [0.1, 0.15) is 5.65 Å². The topological polar surface area (TPSA) is 70.7 Å². The lowest BCUT2D eigenvalue weighted by atomic mass is 10.0. The number of fused-ring (bicyclic) bond motifs is 1. The Labute approximate surface area is 147 Å². The first-order valence-electron chi connectivity index (χ1n) is 8.12. The van der Waals surface area contributed by atoms with Crippen LogP contribution in [0.25, 0.3) is 22.2 Å². The van der Waals surface area contributed by atoms with E-state index in [1.165, 1.54) is 18.2 Å². The maximum Gasteiger partial charge on any atom is 0.416 e. The first-order chi connectivity index (χ1) is 12.3. The van der Waals surface area contributed by atoms with Crippen LogP contribution in [-0.2, 0) is 6.18 Å². The van der Waals surface area contributed by atoms with Gasteiger partial charge in [-0.15, -0.1) is 0 Å². The number of hydrogen-bond donors (Lipinski definition) is 2. The molecule has 0 unspecified atom stereocenters. The van der Waals surface area contributed by atoms with E-state index >= 15 is 0 Å². The molecule has 136 valence electrons. The zero-order valence-corrected chi connectivity index (χ0v) is 14.2. The molecule has 0 spiro atoms. The lowest BCUT2D eigenvalue weighted by Crippen LogP contribution is -2.13. The molecule has 0 aliphatic rings. The van der Waals surface area contributed by atoms with Gasteiger partial charge in [-0.2, -0.15) is 18.2 Å². The third-order valence-electron chi connectivity index (χ3n) is 3.94. The Morgan fingerprint density at radius 2 is 1.96 bits per heavy atom. The smallest absolute Gasteiger partial charge is 0.354 e. The molecule has 2 heterocycles. The number of aryl methyl sites for hydroxylation is 1. The zero-order valence-electron chi connectivity index (χ0n) is 14.2. The molecule has 5 nitrogen and oxygen atoms in total. The van der Waals surface area contributed by atoms with Crippen molar-refractivity contribution < 1.29 is 13.2 Å². The predicted molar refractivity (Wildman–Crippen MR) is 94.1 cm³/mol. The number of hydrogen-bond acceptors (Lipinski definition) is 4. The first-order valence-corrected chi connectivity index (χ1v) is 8.12. The molecule has 8 heteroatoms. The standard InChI is InChI=1S/C18H17F3N4O/c1-3-7-22-17-23-10(2)13-9-14(16(26)24-15(13)25-17)11-5-4-6-12(8-11)18(19,20)21/h4-6,8-9H,3,7H2,1-2H3,(H2,22,23,24,25,26). The van der Waals surface area contributed by atoms with Gasteiger partial charge in [0.25, 0.3) is 5.56 Å². The summed E-state index contributed by atoms with van der Waals surface area (Å²) >= 11 is 0. The maximum absolute atomic E-state index is 12.9. The largest absolute Gasteiger partial charge is 0.416 e. The molecule has 0 aliphatic carbocycles. The molecule has 0 aliphatic heterocycles. The van der Waals surface area contributed by atoms with E-state index < -0.39 is 17.3 Å². The molecule has 0 saturated heterocycles. The molecule has 0 saturated carbocycles. The van der Waals surface area contributed by atoms with Gasteiger partial charge < -0.3 is 10.3 Å². The van der Waals surface area contributed by atoms with Crippen LogP contribution in [0.1, 0.15) is 24.6 Å². The van der Waals surface area contributed by atoms with Gasteiger partial charge in [-0.1, -0.05) is 19.1 Å². The fraction of sp³-hybridized carbons (Fsp3) is 0.278. The van der Waals surface area contributed by atoms with Crippen molar-refractivity contribution in [3.63, 3.8) is 0 Å². The highest BCUT2D eigenvalue weighted by molar-refractivity contribution is 5.83. The van der Waals surface area contributed by atoms with E-state index in [2.05, 4.69) is 20.3 Å². The van der Waals surface area contributed by atoms with Crippen molar-refractivity contribution in [1.82, 2.24) is 15.0 Å². The van der Waals surface area contributed by atoms with Crippen molar-refractivity contribution in [2.24, 2.45) is 0 Å². The van der Waals surface area contributed by atoms with Gasteiger partial charge >= 0.3 is 6.18 Å². The fourth-order valence-corrected chi connectivity index (χ4v) is 2.63.